The van der Waals surface area contributed by atoms with Crippen LogP contribution in [0.25, 0.3) is 0 Å². The molecule has 2 rings (SSSR count). The zero-order chi connectivity index (χ0) is 15.9. The molecular weight excluding hydrogens is 320 g/mol. The molecule has 1 aromatic heterocycles. The van der Waals surface area contributed by atoms with E-state index in [-0.39, 0.29) is 13.1 Å². The molecule has 0 amide bonds. The van der Waals surface area contributed by atoms with Crippen molar-refractivity contribution >= 4 is 19.9 Å². The van der Waals surface area contributed by atoms with Crippen LogP contribution in [0.15, 0.2) is 4.52 Å². The Morgan fingerprint density at radius 1 is 1.29 bits per heavy atom. The van der Waals surface area contributed by atoms with E-state index in [2.05, 4.69) is 10.1 Å². The third-order valence-electron chi connectivity index (χ3n) is 3.34. The SMILES string of the molecule is Cc1nc(C2(N)CCN(S(=O)(=O)CS(C)(=O)=O)CC2)no1. The molecule has 0 spiro atoms. The summed E-state index contributed by atoms with van der Waals surface area (Å²) in [5.41, 5.74) is 5.35. The third kappa shape index (κ3) is 3.78. The summed E-state index contributed by atoms with van der Waals surface area (Å²) in [5.74, 6) is 0.738. The Balaban J connectivity index is 2.10. The van der Waals surface area contributed by atoms with Gasteiger partial charge in [0.2, 0.25) is 15.9 Å². The number of aryl methyl sites for hydroxylation is 1. The zero-order valence-electron chi connectivity index (χ0n) is 11.8. The Morgan fingerprint density at radius 2 is 1.86 bits per heavy atom. The molecule has 0 unspecified atom stereocenters. The highest BCUT2D eigenvalue weighted by molar-refractivity contribution is 8.06. The van der Waals surface area contributed by atoms with Gasteiger partial charge in [0.1, 0.15) is 0 Å². The van der Waals surface area contributed by atoms with Crippen LogP contribution in [0.2, 0.25) is 0 Å². The minimum Gasteiger partial charge on any atom is -0.340 e. The fourth-order valence-corrected chi connectivity index (χ4v) is 5.73. The quantitative estimate of drug-likeness (QED) is 0.735. The summed E-state index contributed by atoms with van der Waals surface area (Å²) in [6, 6.07) is 0. The van der Waals surface area contributed by atoms with Crippen LogP contribution in [0.3, 0.4) is 0 Å². The molecule has 0 atom stereocenters. The third-order valence-corrected chi connectivity index (χ3v) is 7.40. The lowest BCUT2D eigenvalue weighted by Crippen LogP contribution is -2.51. The molecule has 2 heterocycles. The van der Waals surface area contributed by atoms with Crippen LogP contribution in [0.4, 0.5) is 0 Å². The van der Waals surface area contributed by atoms with Crippen molar-refractivity contribution in [1.29, 1.82) is 0 Å². The maximum absolute atomic E-state index is 12.0. The predicted molar refractivity (Wildman–Crippen MR) is 74.3 cm³/mol. The lowest BCUT2D eigenvalue weighted by atomic mass is 9.89. The van der Waals surface area contributed by atoms with Gasteiger partial charge in [0.15, 0.2) is 20.7 Å². The van der Waals surface area contributed by atoms with Crippen LogP contribution in [-0.2, 0) is 25.4 Å². The van der Waals surface area contributed by atoms with Crippen molar-refractivity contribution in [2.75, 3.05) is 24.4 Å². The van der Waals surface area contributed by atoms with Gasteiger partial charge < -0.3 is 10.3 Å². The number of sulfone groups is 1. The van der Waals surface area contributed by atoms with E-state index in [0.717, 1.165) is 10.6 Å². The van der Waals surface area contributed by atoms with Crippen molar-refractivity contribution in [3.63, 3.8) is 0 Å². The summed E-state index contributed by atoms with van der Waals surface area (Å²) >= 11 is 0. The summed E-state index contributed by atoms with van der Waals surface area (Å²) in [5, 5.41) is 2.89. The summed E-state index contributed by atoms with van der Waals surface area (Å²) in [6.07, 6.45) is 1.49. The first-order valence-corrected chi connectivity index (χ1v) is 9.94. The van der Waals surface area contributed by atoms with E-state index in [9.17, 15) is 16.8 Å². The van der Waals surface area contributed by atoms with Gasteiger partial charge in [-0.05, 0) is 12.8 Å². The van der Waals surface area contributed by atoms with Crippen LogP contribution < -0.4 is 5.73 Å². The average molecular weight is 338 g/mol. The molecule has 2 N–H and O–H groups in total. The molecule has 1 aromatic rings. The maximum atomic E-state index is 12.0. The molecule has 1 aliphatic heterocycles. The number of aromatic nitrogens is 2. The van der Waals surface area contributed by atoms with Crippen molar-refractivity contribution in [3.8, 4) is 0 Å². The second-order valence-electron chi connectivity index (χ2n) is 5.35. The van der Waals surface area contributed by atoms with Gasteiger partial charge in [0.05, 0.1) is 5.54 Å². The number of nitrogens with two attached hydrogens (primary N) is 1. The van der Waals surface area contributed by atoms with Gasteiger partial charge in [0, 0.05) is 26.3 Å². The monoisotopic (exact) mass is 338 g/mol. The number of piperidine rings is 1. The molecule has 0 bridgehead atoms. The number of rotatable bonds is 4. The minimum atomic E-state index is -3.84. The Hall–Kier alpha value is -1.04. The Morgan fingerprint density at radius 3 is 2.29 bits per heavy atom. The van der Waals surface area contributed by atoms with Crippen molar-refractivity contribution in [3.05, 3.63) is 11.7 Å². The molecule has 0 saturated carbocycles. The van der Waals surface area contributed by atoms with E-state index in [4.69, 9.17) is 10.3 Å². The molecule has 1 aliphatic rings. The molecule has 1 saturated heterocycles. The van der Waals surface area contributed by atoms with Crippen molar-refractivity contribution in [1.82, 2.24) is 14.4 Å². The van der Waals surface area contributed by atoms with Gasteiger partial charge in [-0.15, -0.1) is 0 Å². The highest BCUT2D eigenvalue weighted by atomic mass is 32.3. The molecular formula is C10H18N4O5S2. The highest BCUT2D eigenvalue weighted by Gasteiger charge is 2.40. The van der Waals surface area contributed by atoms with Crippen LogP contribution in [-0.4, -0.2) is 55.7 Å². The van der Waals surface area contributed by atoms with E-state index >= 15 is 0 Å². The fraction of sp³-hybridized carbons (Fsp3) is 0.800. The number of hydrogen-bond acceptors (Lipinski definition) is 8. The van der Waals surface area contributed by atoms with Gasteiger partial charge in [-0.3, -0.25) is 0 Å². The topological polar surface area (TPSA) is 136 Å². The number of hydrogen-bond donors (Lipinski definition) is 1. The molecule has 0 aliphatic carbocycles. The molecule has 9 nitrogen and oxygen atoms in total. The molecule has 0 radical (unpaired) electrons. The number of nitrogens with zero attached hydrogens (tertiary/aromatic N) is 3. The summed E-state index contributed by atoms with van der Waals surface area (Å²) < 4.78 is 52.4. The first-order chi connectivity index (χ1) is 9.52. The maximum Gasteiger partial charge on any atom is 0.228 e. The van der Waals surface area contributed by atoms with Crippen LogP contribution >= 0.6 is 0 Å². The Bertz CT molecular complexity index is 716. The molecule has 11 heteroatoms. The predicted octanol–water partition coefficient (Wildman–Crippen LogP) is -1.04. The van der Waals surface area contributed by atoms with Gasteiger partial charge >= 0.3 is 0 Å². The van der Waals surface area contributed by atoms with Crippen molar-refractivity contribution in [2.24, 2.45) is 5.73 Å². The lowest BCUT2D eigenvalue weighted by molar-refractivity contribution is 0.223. The van der Waals surface area contributed by atoms with Crippen LogP contribution in [0.1, 0.15) is 24.6 Å². The average Bonchev–Trinajstić information content (AvgIpc) is 2.74. The van der Waals surface area contributed by atoms with E-state index in [1.807, 2.05) is 0 Å². The molecule has 0 aromatic carbocycles. The van der Waals surface area contributed by atoms with Gasteiger partial charge in [-0.25, -0.2) is 21.1 Å². The largest absolute Gasteiger partial charge is 0.340 e. The fourth-order valence-electron chi connectivity index (χ4n) is 2.23. The lowest BCUT2D eigenvalue weighted by Gasteiger charge is -2.36. The van der Waals surface area contributed by atoms with Gasteiger partial charge in [-0.1, -0.05) is 5.16 Å². The van der Waals surface area contributed by atoms with E-state index in [1.165, 1.54) is 0 Å². The van der Waals surface area contributed by atoms with Gasteiger partial charge in [-0.2, -0.15) is 4.98 Å². The summed E-state index contributed by atoms with van der Waals surface area (Å²) in [6.45, 7) is 1.90. The first-order valence-electron chi connectivity index (χ1n) is 6.27. The summed E-state index contributed by atoms with van der Waals surface area (Å²) in [7, 11) is -7.45. The molecule has 21 heavy (non-hydrogen) atoms. The van der Waals surface area contributed by atoms with Crippen LogP contribution in [0.5, 0.6) is 0 Å². The standard InChI is InChI=1S/C10H18N4O5S2/c1-8-12-9(13-19-8)10(11)3-5-14(6-4-10)21(17,18)7-20(2,15)16/h3-7,11H2,1-2H3. The Labute approximate surface area is 123 Å². The zero-order valence-corrected chi connectivity index (χ0v) is 13.4. The normalized spacial score (nSPS) is 20.5. The second-order valence-corrected chi connectivity index (χ2v) is 9.82. The van der Waals surface area contributed by atoms with Gasteiger partial charge in [0.25, 0.3) is 0 Å². The van der Waals surface area contributed by atoms with Crippen molar-refractivity contribution < 1.29 is 21.4 Å². The Kier molecular flexibility index (Phi) is 4.12. The molecule has 1 fully saturated rings. The number of sulfonamides is 1. The van der Waals surface area contributed by atoms with E-state index < -0.39 is 30.5 Å². The highest BCUT2D eigenvalue weighted by Crippen LogP contribution is 2.29. The first kappa shape index (κ1) is 16.3. The van der Waals surface area contributed by atoms with Crippen LogP contribution in [0, 0.1) is 6.92 Å². The minimum absolute atomic E-state index is 0.127. The summed E-state index contributed by atoms with van der Waals surface area (Å²) in [4.78, 5) is 4.09. The van der Waals surface area contributed by atoms with E-state index in [1.54, 1.807) is 6.92 Å². The molecule has 120 valence electrons. The van der Waals surface area contributed by atoms with Crippen molar-refractivity contribution in [2.45, 2.75) is 25.3 Å². The van der Waals surface area contributed by atoms with E-state index in [0.29, 0.717) is 24.6 Å². The smallest absolute Gasteiger partial charge is 0.228 e. The second kappa shape index (κ2) is 5.30.